The van der Waals surface area contributed by atoms with Gasteiger partial charge in [0, 0.05) is 0 Å². The van der Waals surface area contributed by atoms with Gasteiger partial charge in [0.1, 0.15) is 5.60 Å². The number of esters is 1. The van der Waals surface area contributed by atoms with Gasteiger partial charge >= 0.3 is 5.97 Å². The fraction of sp³-hybridized carbons (Fsp3) is 0.941. The Morgan fingerprint density at radius 1 is 1.16 bits per heavy atom. The molecule has 2 heteroatoms. The third-order valence-electron chi connectivity index (χ3n) is 6.17. The summed E-state index contributed by atoms with van der Waals surface area (Å²) in [5.41, 5.74) is -0.111. The molecular weight excluding hydrogens is 236 g/mol. The van der Waals surface area contributed by atoms with E-state index in [1.807, 2.05) is 0 Å². The van der Waals surface area contributed by atoms with E-state index >= 15 is 0 Å². The highest BCUT2D eigenvalue weighted by Gasteiger charge is 2.49. The molecule has 4 atom stereocenters. The van der Waals surface area contributed by atoms with Crippen molar-refractivity contribution in [2.45, 2.75) is 77.2 Å². The maximum absolute atomic E-state index is 12.6. The Morgan fingerprint density at radius 2 is 1.89 bits per heavy atom. The van der Waals surface area contributed by atoms with Crippen molar-refractivity contribution in [1.82, 2.24) is 0 Å². The fourth-order valence-electron chi connectivity index (χ4n) is 4.99. The molecule has 0 aromatic heterocycles. The Bertz CT molecular complexity index is 343. The van der Waals surface area contributed by atoms with Crippen molar-refractivity contribution < 1.29 is 9.53 Å². The molecule has 2 bridgehead atoms. The van der Waals surface area contributed by atoms with Crippen LogP contribution in [0.3, 0.4) is 0 Å². The zero-order valence-electron chi connectivity index (χ0n) is 12.5. The van der Waals surface area contributed by atoms with Crippen molar-refractivity contribution >= 4 is 5.97 Å². The van der Waals surface area contributed by atoms with Crippen molar-refractivity contribution in [1.29, 1.82) is 0 Å². The molecule has 0 aromatic rings. The molecule has 0 heterocycles. The molecule has 3 saturated carbocycles. The quantitative estimate of drug-likeness (QED) is 0.709. The van der Waals surface area contributed by atoms with Crippen LogP contribution >= 0.6 is 0 Å². The van der Waals surface area contributed by atoms with Gasteiger partial charge in [-0.25, -0.2) is 0 Å². The first-order valence-electron chi connectivity index (χ1n) is 8.36. The zero-order chi connectivity index (χ0) is 13.5. The predicted molar refractivity (Wildman–Crippen MR) is 75.7 cm³/mol. The number of carbonyl (C=O) groups excluding carboxylic acids is 1. The lowest BCUT2D eigenvalue weighted by Crippen LogP contribution is -2.40. The number of carbonyl (C=O) groups is 1. The fourth-order valence-corrected chi connectivity index (χ4v) is 4.99. The monoisotopic (exact) mass is 264 g/mol. The minimum atomic E-state index is -0.111. The normalized spacial score (nSPS) is 40.3. The summed E-state index contributed by atoms with van der Waals surface area (Å²) in [6.07, 6.45) is 10.7. The maximum Gasteiger partial charge on any atom is 0.309 e. The third-order valence-corrected chi connectivity index (χ3v) is 6.17. The number of ether oxygens (including phenoxy) is 1. The molecule has 2 nitrogen and oxygen atoms in total. The lowest BCUT2D eigenvalue weighted by Gasteiger charge is -2.38. The SMILES string of the molecule is CCC1(OC(=O)C2CC3CC(C)C2C3)CCCCC1. The van der Waals surface area contributed by atoms with Crippen LogP contribution in [0.4, 0.5) is 0 Å². The van der Waals surface area contributed by atoms with Crippen LogP contribution in [0.15, 0.2) is 0 Å². The Morgan fingerprint density at radius 3 is 2.47 bits per heavy atom. The molecule has 3 rings (SSSR count). The predicted octanol–water partition coefficient (Wildman–Crippen LogP) is 4.32. The lowest BCUT2D eigenvalue weighted by molar-refractivity contribution is -0.171. The molecule has 3 aliphatic rings. The minimum absolute atomic E-state index is 0.111. The first-order valence-corrected chi connectivity index (χ1v) is 8.36. The van der Waals surface area contributed by atoms with E-state index in [9.17, 15) is 4.79 Å². The smallest absolute Gasteiger partial charge is 0.309 e. The summed E-state index contributed by atoms with van der Waals surface area (Å²) in [5, 5.41) is 0. The van der Waals surface area contributed by atoms with Gasteiger partial charge in [-0.1, -0.05) is 20.3 Å². The standard InChI is InChI=1S/C17H28O2/c1-3-17(7-5-4-6-8-17)19-16(18)15-11-13-9-12(2)14(15)10-13/h12-15H,3-11H2,1-2H3. The lowest BCUT2D eigenvalue weighted by atomic mass is 9.80. The molecule has 0 spiro atoms. The molecule has 0 amide bonds. The van der Waals surface area contributed by atoms with E-state index in [1.54, 1.807) is 0 Å². The zero-order valence-corrected chi connectivity index (χ0v) is 12.5. The van der Waals surface area contributed by atoms with Gasteiger partial charge in [0.15, 0.2) is 0 Å². The van der Waals surface area contributed by atoms with E-state index in [4.69, 9.17) is 4.74 Å². The van der Waals surface area contributed by atoms with Crippen molar-refractivity contribution in [3.63, 3.8) is 0 Å². The summed E-state index contributed by atoms with van der Waals surface area (Å²) >= 11 is 0. The van der Waals surface area contributed by atoms with E-state index in [2.05, 4.69) is 13.8 Å². The van der Waals surface area contributed by atoms with Gasteiger partial charge in [-0.15, -0.1) is 0 Å². The van der Waals surface area contributed by atoms with Gasteiger partial charge < -0.3 is 4.74 Å². The van der Waals surface area contributed by atoms with E-state index in [1.165, 1.54) is 32.1 Å². The van der Waals surface area contributed by atoms with Crippen LogP contribution in [0.1, 0.15) is 71.6 Å². The number of rotatable bonds is 3. The summed E-state index contributed by atoms with van der Waals surface area (Å²) in [4.78, 5) is 12.6. The van der Waals surface area contributed by atoms with Gasteiger partial charge in [-0.3, -0.25) is 4.79 Å². The van der Waals surface area contributed by atoms with Gasteiger partial charge in [0.05, 0.1) is 5.92 Å². The van der Waals surface area contributed by atoms with Crippen LogP contribution in [0.2, 0.25) is 0 Å². The average molecular weight is 264 g/mol. The first kappa shape index (κ1) is 13.5. The largest absolute Gasteiger partial charge is 0.459 e. The summed E-state index contributed by atoms with van der Waals surface area (Å²) < 4.78 is 6.07. The molecule has 0 radical (unpaired) electrons. The van der Waals surface area contributed by atoms with Crippen LogP contribution in [-0.4, -0.2) is 11.6 Å². The summed E-state index contributed by atoms with van der Waals surface area (Å²) in [7, 11) is 0. The van der Waals surface area contributed by atoms with Gasteiger partial charge in [0.2, 0.25) is 0 Å². The van der Waals surface area contributed by atoms with Gasteiger partial charge in [-0.05, 0) is 69.1 Å². The molecule has 3 aliphatic carbocycles. The number of hydrogen-bond acceptors (Lipinski definition) is 2. The van der Waals surface area contributed by atoms with E-state index < -0.39 is 0 Å². The van der Waals surface area contributed by atoms with Crippen LogP contribution in [0.5, 0.6) is 0 Å². The van der Waals surface area contributed by atoms with Crippen molar-refractivity contribution in [2.24, 2.45) is 23.7 Å². The third kappa shape index (κ3) is 2.43. The second kappa shape index (κ2) is 5.10. The number of fused-ring (bicyclic) bond motifs is 2. The van der Waals surface area contributed by atoms with Gasteiger partial charge in [-0.2, -0.15) is 0 Å². The second-order valence-electron chi connectivity index (χ2n) is 7.34. The molecule has 0 aromatic carbocycles. The molecular formula is C17H28O2. The summed E-state index contributed by atoms with van der Waals surface area (Å²) in [6, 6.07) is 0. The molecule has 108 valence electrons. The van der Waals surface area contributed by atoms with E-state index in [0.29, 0.717) is 5.92 Å². The first-order chi connectivity index (χ1) is 9.13. The Labute approximate surface area is 117 Å². The summed E-state index contributed by atoms with van der Waals surface area (Å²) in [6.45, 7) is 4.50. The second-order valence-corrected chi connectivity index (χ2v) is 7.34. The molecule has 0 N–H and O–H groups in total. The molecule has 4 unspecified atom stereocenters. The average Bonchev–Trinajstić information content (AvgIpc) is 2.98. The highest BCUT2D eigenvalue weighted by Crippen LogP contribution is 2.52. The highest BCUT2D eigenvalue weighted by atomic mass is 16.6. The van der Waals surface area contributed by atoms with Crippen LogP contribution in [0.25, 0.3) is 0 Å². The molecule has 0 aliphatic heterocycles. The Kier molecular flexibility index (Phi) is 3.61. The van der Waals surface area contributed by atoms with Crippen LogP contribution in [-0.2, 0) is 9.53 Å². The minimum Gasteiger partial charge on any atom is -0.459 e. The Hall–Kier alpha value is -0.530. The van der Waals surface area contributed by atoms with Crippen molar-refractivity contribution in [2.75, 3.05) is 0 Å². The highest BCUT2D eigenvalue weighted by molar-refractivity contribution is 5.74. The van der Waals surface area contributed by atoms with E-state index in [0.717, 1.165) is 37.5 Å². The molecule has 19 heavy (non-hydrogen) atoms. The maximum atomic E-state index is 12.6. The molecule has 0 saturated heterocycles. The van der Waals surface area contributed by atoms with Crippen molar-refractivity contribution in [3.05, 3.63) is 0 Å². The Balaban J connectivity index is 1.64. The molecule has 3 fully saturated rings. The van der Waals surface area contributed by atoms with Crippen LogP contribution in [0, 0.1) is 23.7 Å². The summed E-state index contributed by atoms with van der Waals surface area (Å²) in [5.74, 6) is 2.53. The van der Waals surface area contributed by atoms with Gasteiger partial charge in [0.25, 0.3) is 0 Å². The number of hydrogen-bond donors (Lipinski definition) is 0. The topological polar surface area (TPSA) is 26.3 Å². The van der Waals surface area contributed by atoms with Crippen molar-refractivity contribution in [3.8, 4) is 0 Å². The van der Waals surface area contributed by atoms with E-state index in [-0.39, 0.29) is 17.5 Å². The van der Waals surface area contributed by atoms with Crippen LogP contribution < -0.4 is 0 Å².